The fourth-order valence-electron chi connectivity index (χ4n) is 5.55. The lowest BCUT2D eigenvalue weighted by atomic mass is 9.71. The van der Waals surface area contributed by atoms with Crippen LogP contribution in [0.25, 0.3) is 16.8 Å². The molecule has 2 fully saturated rings. The van der Waals surface area contributed by atoms with Gasteiger partial charge >= 0.3 is 0 Å². The van der Waals surface area contributed by atoms with Gasteiger partial charge in [-0.15, -0.1) is 0 Å². The van der Waals surface area contributed by atoms with Gasteiger partial charge in [0.1, 0.15) is 5.52 Å². The van der Waals surface area contributed by atoms with Crippen LogP contribution < -0.4 is 4.90 Å². The van der Waals surface area contributed by atoms with Crippen LogP contribution in [0.3, 0.4) is 0 Å². The van der Waals surface area contributed by atoms with Gasteiger partial charge in [-0.2, -0.15) is 0 Å². The van der Waals surface area contributed by atoms with E-state index in [4.69, 9.17) is 28.2 Å². The third kappa shape index (κ3) is 3.03. The number of aryl methyl sites for hydroxylation is 1. The van der Waals surface area contributed by atoms with E-state index in [9.17, 15) is 0 Å². The number of rotatable bonds is 2. The Labute approximate surface area is 181 Å². The third-order valence-electron chi connectivity index (χ3n) is 7.35. The number of nitrogens with zero attached hydrogens (tertiary/aromatic N) is 4. The second-order valence-corrected chi connectivity index (χ2v) is 9.55. The first kappa shape index (κ1) is 19.2. The van der Waals surface area contributed by atoms with Crippen LogP contribution >= 0.6 is 23.2 Å². The maximum atomic E-state index is 6.53. The van der Waals surface area contributed by atoms with Crippen LogP contribution in [-0.4, -0.2) is 27.5 Å². The standard InChI is InChI=1S/C23H26Cl2N4/c1-15-5-4-8-23(15)9-11-28(12-10-23)22-19-13-26-14-29(19)21(16(2)27-22)17-6-3-7-18(24)20(17)25/h3,6-7,13-15H,4-5,8-12H2,1-2H3/t15-/m1/s1. The molecule has 1 aliphatic carbocycles. The minimum atomic E-state index is 0.549. The molecule has 29 heavy (non-hydrogen) atoms. The first-order valence-corrected chi connectivity index (χ1v) is 11.3. The lowest BCUT2D eigenvalue weighted by Gasteiger charge is -2.43. The molecule has 0 unspecified atom stereocenters. The van der Waals surface area contributed by atoms with E-state index in [1.807, 2.05) is 37.6 Å². The van der Waals surface area contributed by atoms with Crippen molar-refractivity contribution in [2.75, 3.05) is 18.0 Å². The highest BCUT2D eigenvalue weighted by Crippen LogP contribution is 2.50. The monoisotopic (exact) mass is 428 g/mol. The Morgan fingerprint density at radius 1 is 1.14 bits per heavy atom. The fourth-order valence-corrected chi connectivity index (χ4v) is 5.94. The molecule has 152 valence electrons. The molecular formula is C23H26Cl2N4. The molecular weight excluding hydrogens is 403 g/mol. The highest BCUT2D eigenvalue weighted by Gasteiger charge is 2.42. The zero-order valence-corrected chi connectivity index (χ0v) is 18.5. The van der Waals surface area contributed by atoms with E-state index in [0.717, 1.165) is 47.3 Å². The lowest BCUT2D eigenvalue weighted by Crippen LogP contribution is -2.42. The van der Waals surface area contributed by atoms with Gasteiger partial charge in [0, 0.05) is 18.7 Å². The fraction of sp³-hybridized carbons (Fsp3) is 0.478. The Kier molecular flexibility index (Phi) is 4.75. The van der Waals surface area contributed by atoms with Gasteiger partial charge in [-0.3, -0.25) is 4.40 Å². The second-order valence-electron chi connectivity index (χ2n) is 8.76. The number of imidazole rings is 1. The van der Waals surface area contributed by atoms with Crippen molar-refractivity contribution in [1.29, 1.82) is 0 Å². The highest BCUT2D eigenvalue weighted by atomic mass is 35.5. The lowest BCUT2D eigenvalue weighted by molar-refractivity contribution is 0.161. The predicted molar refractivity (Wildman–Crippen MR) is 120 cm³/mol. The molecule has 3 heterocycles. The first-order chi connectivity index (χ1) is 14.0. The molecule has 0 bridgehead atoms. The summed E-state index contributed by atoms with van der Waals surface area (Å²) < 4.78 is 2.11. The topological polar surface area (TPSA) is 33.4 Å². The zero-order valence-electron chi connectivity index (χ0n) is 17.0. The van der Waals surface area contributed by atoms with E-state index in [0.29, 0.717) is 15.5 Å². The summed E-state index contributed by atoms with van der Waals surface area (Å²) in [7, 11) is 0. The van der Waals surface area contributed by atoms with E-state index < -0.39 is 0 Å². The van der Waals surface area contributed by atoms with E-state index in [1.165, 1.54) is 32.1 Å². The summed E-state index contributed by atoms with van der Waals surface area (Å²) in [6.45, 7) is 6.62. The zero-order chi connectivity index (χ0) is 20.2. The van der Waals surface area contributed by atoms with Crippen LogP contribution in [-0.2, 0) is 0 Å². The van der Waals surface area contributed by atoms with Crippen molar-refractivity contribution in [3.63, 3.8) is 0 Å². The molecule has 0 N–H and O–H groups in total. The van der Waals surface area contributed by atoms with Crippen molar-refractivity contribution in [2.24, 2.45) is 11.3 Å². The third-order valence-corrected chi connectivity index (χ3v) is 8.17. The molecule has 6 heteroatoms. The summed E-state index contributed by atoms with van der Waals surface area (Å²) in [6, 6.07) is 5.72. The average Bonchev–Trinajstić information content (AvgIpc) is 3.33. The van der Waals surface area contributed by atoms with E-state index in [-0.39, 0.29) is 0 Å². The predicted octanol–water partition coefficient (Wildman–Crippen LogP) is 6.42. The Morgan fingerprint density at radius 3 is 2.66 bits per heavy atom. The number of halogens is 2. The molecule has 4 nitrogen and oxygen atoms in total. The molecule has 0 amide bonds. The van der Waals surface area contributed by atoms with Gasteiger partial charge in [0.2, 0.25) is 0 Å². The van der Waals surface area contributed by atoms with Crippen molar-refractivity contribution < 1.29 is 0 Å². The molecule has 5 rings (SSSR count). The Morgan fingerprint density at radius 2 is 1.93 bits per heavy atom. The van der Waals surface area contributed by atoms with Crippen LogP contribution in [0, 0.1) is 18.3 Å². The van der Waals surface area contributed by atoms with Gasteiger partial charge in [0.05, 0.1) is 34.0 Å². The van der Waals surface area contributed by atoms with Crippen LogP contribution in [0.4, 0.5) is 5.82 Å². The van der Waals surface area contributed by atoms with Crippen molar-refractivity contribution in [1.82, 2.24) is 14.4 Å². The number of piperidine rings is 1. The van der Waals surface area contributed by atoms with Gasteiger partial charge < -0.3 is 4.90 Å². The number of anilines is 1. The largest absolute Gasteiger partial charge is 0.355 e. The first-order valence-electron chi connectivity index (χ1n) is 10.5. The van der Waals surface area contributed by atoms with E-state index in [2.05, 4.69) is 21.2 Å². The normalized spacial score (nSPS) is 21.4. The smallest absolute Gasteiger partial charge is 0.154 e. The molecule has 1 spiro atoms. The molecule has 2 aromatic heterocycles. The number of fused-ring (bicyclic) bond motifs is 1. The molecule has 0 radical (unpaired) electrons. The van der Waals surface area contributed by atoms with Crippen LogP contribution in [0.1, 0.15) is 44.7 Å². The maximum absolute atomic E-state index is 6.53. The maximum Gasteiger partial charge on any atom is 0.154 e. The quantitative estimate of drug-likeness (QED) is 0.472. The van der Waals surface area contributed by atoms with Gasteiger partial charge in [-0.25, -0.2) is 9.97 Å². The summed E-state index contributed by atoms with van der Waals surface area (Å²) in [6.07, 6.45) is 10.5. The highest BCUT2D eigenvalue weighted by molar-refractivity contribution is 6.43. The van der Waals surface area contributed by atoms with Crippen molar-refractivity contribution in [2.45, 2.75) is 46.0 Å². The number of hydrogen-bond acceptors (Lipinski definition) is 3. The van der Waals surface area contributed by atoms with Crippen LogP contribution in [0.5, 0.6) is 0 Å². The summed E-state index contributed by atoms with van der Waals surface area (Å²) in [5.74, 6) is 1.88. The number of aromatic nitrogens is 3. The molecule has 1 saturated heterocycles. The van der Waals surface area contributed by atoms with Gasteiger partial charge in [-0.1, -0.05) is 55.1 Å². The average molecular weight is 429 g/mol. The number of benzene rings is 1. The van der Waals surface area contributed by atoms with Crippen molar-refractivity contribution in [3.8, 4) is 11.3 Å². The Balaban J connectivity index is 1.54. The Bertz CT molecular complexity index is 1070. The van der Waals surface area contributed by atoms with Crippen molar-refractivity contribution in [3.05, 3.63) is 46.5 Å². The summed E-state index contributed by atoms with van der Waals surface area (Å²) in [5, 5.41) is 1.10. The summed E-state index contributed by atoms with van der Waals surface area (Å²) in [5.41, 5.74) is 4.35. The van der Waals surface area contributed by atoms with Gasteiger partial charge in [0.25, 0.3) is 0 Å². The minimum absolute atomic E-state index is 0.549. The molecule has 1 saturated carbocycles. The van der Waals surface area contributed by atoms with Crippen LogP contribution in [0.2, 0.25) is 10.0 Å². The van der Waals surface area contributed by atoms with Gasteiger partial charge in [-0.05, 0) is 43.6 Å². The minimum Gasteiger partial charge on any atom is -0.355 e. The SMILES string of the molecule is Cc1nc(N2CCC3(CCC[C@H]3C)CC2)c2cncn2c1-c1cccc(Cl)c1Cl. The van der Waals surface area contributed by atoms with E-state index in [1.54, 1.807) is 0 Å². The van der Waals surface area contributed by atoms with Crippen LogP contribution in [0.15, 0.2) is 30.7 Å². The second kappa shape index (κ2) is 7.17. The number of hydrogen-bond donors (Lipinski definition) is 0. The summed E-state index contributed by atoms with van der Waals surface area (Å²) >= 11 is 12.8. The van der Waals surface area contributed by atoms with Crippen molar-refractivity contribution >= 4 is 34.5 Å². The van der Waals surface area contributed by atoms with E-state index >= 15 is 0 Å². The molecule has 1 aromatic carbocycles. The molecule has 2 aliphatic rings. The summed E-state index contributed by atoms with van der Waals surface area (Å²) in [4.78, 5) is 11.9. The molecule has 3 aromatic rings. The molecule has 1 aliphatic heterocycles. The molecule has 1 atom stereocenters. The Hall–Kier alpha value is -1.78. The van der Waals surface area contributed by atoms with Gasteiger partial charge in [0.15, 0.2) is 5.82 Å².